The fraction of sp³-hybridized carbons (Fsp3) is 0.391. The third-order valence-corrected chi connectivity index (χ3v) is 6.80. The number of nitrogens with one attached hydrogen (secondary N) is 3. The number of anilines is 3. The molecule has 1 saturated heterocycles. The van der Waals surface area contributed by atoms with Gasteiger partial charge in [-0.05, 0) is 31.9 Å². The van der Waals surface area contributed by atoms with Gasteiger partial charge in [0.15, 0.2) is 16.6 Å². The predicted molar refractivity (Wildman–Crippen MR) is 132 cm³/mol. The molecule has 0 unspecified atom stereocenters. The monoisotopic (exact) mass is 485 g/mol. The van der Waals surface area contributed by atoms with Crippen LogP contribution in [-0.2, 0) is 18.3 Å². The normalized spacial score (nSPS) is 15.4. The Morgan fingerprint density at radius 2 is 2.06 bits per heavy atom. The number of aromatic nitrogens is 3. The molecule has 11 heteroatoms. The van der Waals surface area contributed by atoms with Crippen LogP contribution in [0.2, 0.25) is 0 Å². The van der Waals surface area contributed by atoms with Crippen molar-refractivity contribution in [3.8, 4) is 11.3 Å². The van der Waals surface area contributed by atoms with Crippen molar-refractivity contribution in [1.29, 1.82) is 0 Å². The molecule has 3 heterocycles. The van der Waals surface area contributed by atoms with Crippen LogP contribution in [-0.4, -0.2) is 53.0 Å². The van der Waals surface area contributed by atoms with E-state index in [4.69, 9.17) is 0 Å². The Bertz CT molecular complexity index is 1220. The van der Waals surface area contributed by atoms with Gasteiger partial charge >= 0.3 is 0 Å². The van der Waals surface area contributed by atoms with Crippen molar-refractivity contribution in [2.24, 2.45) is 7.05 Å². The molecule has 1 aromatic carbocycles. The van der Waals surface area contributed by atoms with Crippen LogP contribution in [0.25, 0.3) is 11.3 Å². The molecule has 2 amide bonds. The maximum Gasteiger partial charge on any atom is 0.271 e. The number of thiazole rings is 1. The second-order valence-electron chi connectivity index (χ2n) is 8.23. The number of carbonyl (C=O) groups is 2. The summed E-state index contributed by atoms with van der Waals surface area (Å²) in [5.41, 5.74) is 2.21. The Balaban J connectivity index is 1.45. The lowest BCUT2D eigenvalue weighted by Gasteiger charge is -2.24. The number of halogens is 1. The summed E-state index contributed by atoms with van der Waals surface area (Å²) in [5, 5.41) is 10.4. The molecule has 34 heavy (non-hydrogen) atoms. The largest absolute Gasteiger partial charge is 0.371 e. The zero-order valence-corrected chi connectivity index (χ0v) is 20.4. The Labute approximate surface area is 201 Å². The Hall–Kier alpha value is -3.47. The first kappa shape index (κ1) is 23.7. The summed E-state index contributed by atoms with van der Waals surface area (Å²) in [5.74, 6) is -0.0504. The van der Waals surface area contributed by atoms with Gasteiger partial charge in [0.25, 0.3) is 5.91 Å². The molecule has 0 saturated carbocycles. The standard InChI is InChI=1S/C23H28FN7O2S/c1-13-6-5-9-31(13)17-8-7-14(10-15(17)24)16-12-34-23(27-16)29-19(32)11-18-28-21(25-2)20(30(18)4)22(33)26-3/h7-8,10,12-13,25H,5-6,9,11H2,1-4H3,(H,26,33)(H,27,29,32)/t13-/m0/s1. The van der Waals surface area contributed by atoms with Crippen LogP contribution in [0.3, 0.4) is 0 Å². The van der Waals surface area contributed by atoms with Crippen molar-refractivity contribution in [2.75, 3.05) is 36.2 Å². The van der Waals surface area contributed by atoms with Crippen LogP contribution >= 0.6 is 11.3 Å². The zero-order chi connectivity index (χ0) is 24.4. The molecular weight excluding hydrogens is 457 g/mol. The van der Waals surface area contributed by atoms with Gasteiger partial charge in [-0.15, -0.1) is 11.3 Å². The van der Waals surface area contributed by atoms with Gasteiger partial charge in [-0.2, -0.15) is 0 Å². The highest BCUT2D eigenvalue weighted by Crippen LogP contribution is 2.32. The van der Waals surface area contributed by atoms with E-state index in [0.29, 0.717) is 45.5 Å². The highest BCUT2D eigenvalue weighted by Gasteiger charge is 2.24. The number of rotatable bonds is 7. The molecule has 1 fully saturated rings. The minimum Gasteiger partial charge on any atom is -0.371 e. The van der Waals surface area contributed by atoms with Crippen LogP contribution in [0.1, 0.15) is 36.1 Å². The van der Waals surface area contributed by atoms with E-state index in [0.717, 1.165) is 19.4 Å². The molecule has 3 N–H and O–H groups in total. The zero-order valence-electron chi connectivity index (χ0n) is 19.6. The average Bonchev–Trinajstić information content (AvgIpc) is 3.53. The molecule has 9 nitrogen and oxygen atoms in total. The van der Waals surface area contributed by atoms with E-state index in [2.05, 4.69) is 37.7 Å². The fourth-order valence-electron chi connectivity index (χ4n) is 4.22. The molecule has 0 radical (unpaired) electrons. The quantitative estimate of drug-likeness (QED) is 0.475. The van der Waals surface area contributed by atoms with E-state index < -0.39 is 0 Å². The number of imidazole rings is 1. The van der Waals surface area contributed by atoms with E-state index in [1.54, 1.807) is 30.1 Å². The Morgan fingerprint density at radius 1 is 1.26 bits per heavy atom. The van der Waals surface area contributed by atoms with E-state index in [1.165, 1.54) is 24.5 Å². The first-order valence-corrected chi connectivity index (χ1v) is 12.0. The summed E-state index contributed by atoms with van der Waals surface area (Å²) in [6.07, 6.45) is 2.10. The molecule has 1 atom stereocenters. The molecule has 2 aromatic heterocycles. The molecule has 4 rings (SSSR count). The topological polar surface area (TPSA) is 104 Å². The van der Waals surface area contributed by atoms with Gasteiger partial charge < -0.3 is 25.4 Å². The Kier molecular flexibility index (Phi) is 6.82. The van der Waals surface area contributed by atoms with Crippen molar-refractivity contribution in [2.45, 2.75) is 32.2 Å². The maximum atomic E-state index is 14.8. The van der Waals surface area contributed by atoms with Gasteiger partial charge in [-0.25, -0.2) is 14.4 Å². The van der Waals surface area contributed by atoms with Crippen LogP contribution in [0, 0.1) is 5.82 Å². The molecule has 1 aliphatic heterocycles. The molecule has 0 bridgehead atoms. The van der Waals surface area contributed by atoms with Gasteiger partial charge in [0.1, 0.15) is 11.6 Å². The van der Waals surface area contributed by atoms with Crippen LogP contribution in [0.5, 0.6) is 0 Å². The van der Waals surface area contributed by atoms with Crippen molar-refractivity contribution < 1.29 is 14.0 Å². The highest BCUT2D eigenvalue weighted by atomic mass is 32.1. The van der Waals surface area contributed by atoms with Crippen molar-refractivity contribution in [3.05, 3.63) is 40.9 Å². The molecular formula is C23H28FN7O2S. The third-order valence-electron chi connectivity index (χ3n) is 6.04. The van der Waals surface area contributed by atoms with Gasteiger partial charge in [0, 0.05) is 44.7 Å². The fourth-order valence-corrected chi connectivity index (χ4v) is 4.95. The highest BCUT2D eigenvalue weighted by molar-refractivity contribution is 7.14. The number of hydrogen-bond acceptors (Lipinski definition) is 7. The number of amides is 2. The Morgan fingerprint density at radius 3 is 2.71 bits per heavy atom. The van der Waals surface area contributed by atoms with E-state index >= 15 is 0 Å². The first-order chi connectivity index (χ1) is 16.3. The van der Waals surface area contributed by atoms with E-state index in [-0.39, 0.29) is 24.1 Å². The van der Waals surface area contributed by atoms with Gasteiger partial charge in [-0.1, -0.05) is 6.07 Å². The van der Waals surface area contributed by atoms with Crippen molar-refractivity contribution >= 4 is 39.8 Å². The maximum absolute atomic E-state index is 14.8. The summed E-state index contributed by atoms with van der Waals surface area (Å²) in [6.45, 7) is 2.97. The molecule has 0 spiro atoms. The molecule has 0 aliphatic carbocycles. The minimum atomic E-state index is -0.315. The third kappa shape index (κ3) is 4.60. The van der Waals surface area contributed by atoms with Gasteiger partial charge in [0.05, 0.1) is 17.8 Å². The van der Waals surface area contributed by atoms with Crippen LogP contribution in [0.15, 0.2) is 23.6 Å². The lowest BCUT2D eigenvalue weighted by Crippen LogP contribution is -2.27. The van der Waals surface area contributed by atoms with Gasteiger partial charge in [-0.3, -0.25) is 9.59 Å². The number of nitrogens with zero attached hydrogens (tertiary/aromatic N) is 4. The predicted octanol–water partition coefficient (Wildman–Crippen LogP) is 3.25. The summed E-state index contributed by atoms with van der Waals surface area (Å²) < 4.78 is 16.4. The lowest BCUT2D eigenvalue weighted by molar-refractivity contribution is -0.115. The second kappa shape index (κ2) is 9.80. The van der Waals surface area contributed by atoms with Crippen molar-refractivity contribution in [1.82, 2.24) is 19.9 Å². The number of carbonyl (C=O) groups excluding carboxylic acids is 2. The summed E-state index contributed by atoms with van der Waals surface area (Å²) in [6, 6.07) is 5.48. The van der Waals surface area contributed by atoms with Crippen molar-refractivity contribution in [3.63, 3.8) is 0 Å². The second-order valence-corrected chi connectivity index (χ2v) is 9.09. The molecule has 180 valence electrons. The smallest absolute Gasteiger partial charge is 0.271 e. The summed E-state index contributed by atoms with van der Waals surface area (Å²) in [7, 11) is 4.88. The number of hydrogen-bond donors (Lipinski definition) is 3. The molecule has 1 aliphatic rings. The SMILES string of the molecule is CNC(=O)c1c(NC)nc(CC(=O)Nc2nc(-c3ccc(N4CCC[C@@H]4C)c(F)c3)cs2)n1C. The van der Waals surface area contributed by atoms with E-state index in [1.807, 2.05) is 6.07 Å². The van der Waals surface area contributed by atoms with Gasteiger partial charge in [0.2, 0.25) is 5.91 Å². The lowest BCUT2D eigenvalue weighted by atomic mass is 10.1. The summed E-state index contributed by atoms with van der Waals surface area (Å²) in [4.78, 5) is 35.6. The molecule has 3 aromatic rings. The first-order valence-electron chi connectivity index (χ1n) is 11.1. The average molecular weight is 486 g/mol. The number of benzene rings is 1. The van der Waals surface area contributed by atoms with Crippen LogP contribution in [0.4, 0.5) is 21.0 Å². The van der Waals surface area contributed by atoms with E-state index in [9.17, 15) is 14.0 Å². The minimum absolute atomic E-state index is 0.0333. The summed E-state index contributed by atoms with van der Waals surface area (Å²) >= 11 is 1.27. The van der Waals surface area contributed by atoms with Crippen LogP contribution < -0.4 is 20.9 Å².